The Morgan fingerprint density at radius 2 is 0.845 bits per heavy atom. The summed E-state index contributed by atoms with van der Waals surface area (Å²) in [5.41, 5.74) is 24.5. The molecule has 2 nitrogen and oxygen atoms in total. The Labute approximate surface area is 371 Å². The maximum absolute atomic E-state index is 12.4. The minimum Gasteiger partial charge on any atom is -0.493 e. The molecule has 2 aromatic rings. The molecular weight excluding hydrogens is 747 g/mol. The summed E-state index contributed by atoms with van der Waals surface area (Å²) >= 11 is 0. The van der Waals surface area contributed by atoms with Crippen LogP contribution in [0.2, 0.25) is 0 Å². The Bertz CT molecular complexity index is 1420. The van der Waals surface area contributed by atoms with Crippen molar-refractivity contribution >= 4 is 23.5 Å². The van der Waals surface area contributed by atoms with E-state index in [1.54, 1.807) is 4.70 Å². The van der Waals surface area contributed by atoms with Gasteiger partial charge in [0.1, 0.15) is 0 Å². The normalized spacial score (nSPS) is 12.6. The summed E-state index contributed by atoms with van der Waals surface area (Å²) in [6.45, 7) is 25.0. The first-order chi connectivity index (χ1) is 27.8. The third kappa shape index (κ3) is 21.7. The van der Waals surface area contributed by atoms with Crippen LogP contribution < -0.4 is 0 Å². The van der Waals surface area contributed by atoms with E-state index in [0.717, 1.165) is 93.2 Å². The van der Waals surface area contributed by atoms with Crippen LogP contribution in [0.3, 0.4) is 0 Å². The zero-order valence-electron chi connectivity index (χ0n) is 39.1. The molecule has 0 unspecified atom stereocenters. The molecule has 1 aliphatic heterocycles. The molecule has 58 heavy (non-hydrogen) atoms. The molecule has 0 saturated carbocycles. The van der Waals surface area contributed by atoms with E-state index in [9.17, 15) is 5.53 Å². The molecule has 1 aliphatic rings. The van der Waals surface area contributed by atoms with E-state index in [1.807, 2.05) is 0 Å². The van der Waals surface area contributed by atoms with Crippen molar-refractivity contribution in [2.75, 3.05) is 0 Å². The van der Waals surface area contributed by atoms with E-state index in [4.69, 9.17) is 0 Å². The van der Waals surface area contributed by atoms with Gasteiger partial charge in [0.2, 0.25) is 11.4 Å². The fraction of sp³-hybridized carbons (Fsp3) is 0.600. The number of hydrogen-bond acceptors (Lipinski definition) is 0. The molecular formula is C55H88N2Ni. The van der Waals surface area contributed by atoms with Crippen molar-refractivity contribution < 1.29 is 21.2 Å². The van der Waals surface area contributed by atoms with Crippen LogP contribution in [0.15, 0.2) is 59.7 Å². The van der Waals surface area contributed by atoms with Gasteiger partial charge < -0.3 is 19.4 Å². The molecule has 0 bridgehead atoms. The molecule has 0 N–H and O–H groups in total. The van der Waals surface area contributed by atoms with Crippen molar-refractivity contribution in [1.29, 1.82) is 0 Å². The van der Waals surface area contributed by atoms with Crippen LogP contribution in [0.4, 0.5) is 0 Å². The van der Waals surface area contributed by atoms with Crippen molar-refractivity contribution in [2.24, 2.45) is 0 Å². The van der Waals surface area contributed by atoms with E-state index in [-0.39, 0.29) is 16.5 Å². The summed E-state index contributed by atoms with van der Waals surface area (Å²) in [4.78, 5) is 0. The van der Waals surface area contributed by atoms with E-state index in [1.165, 1.54) is 123 Å². The first-order valence-electron chi connectivity index (χ1n) is 24.0. The Morgan fingerprint density at radius 1 is 0.466 bits per heavy atom. The topological polar surface area (TPSA) is 25.3 Å². The van der Waals surface area contributed by atoms with E-state index in [2.05, 4.69) is 130 Å². The molecule has 3 rings (SSSR count). The van der Waals surface area contributed by atoms with Crippen LogP contribution in [0.1, 0.15) is 236 Å². The number of unbranched alkanes of at least 4 members (excludes halogenated alkanes) is 15. The predicted molar refractivity (Wildman–Crippen MR) is 258 cm³/mol. The Hall–Kier alpha value is -2.51. The van der Waals surface area contributed by atoms with E-state index in [0.29, 0.717) is 0 Å². The first kappa shape index (κ1) is 55.5. The van der Waals surface area contributed by atoms with Gasteiger partial charge in [-0.05, 0) is 117 Å². The molecule has 2 aromatic carbocycles. The number of hydrogen-bond donors (Lipinski definition) is 0. The van der Waals surface area contributed by atoms with Gasteiger partial charge in [0.15, 0.2) is 0 Å². The van der Waals surface area contributed by atoms with Crippen molar-refractivity contribution in [1.82, 2.24) is 0 Å². The number of aryl methyl sites for hydroxylation is 2. The van der Waals surface area contributed by atoms with Gasteiger partial charge in [-0.15, -0.1) is 0 Å². The van der Waals surface area contributed by atoms with Crippen molar-refractivity contribution in [3.8, 4) is 0 Å². The number of rotatable bonds is 27. The molecule has 0 aliphatic carbocycles. The van der Waals surface area contributed by atoms with Crippen LogP contribution >= 0.6 is 0 Å². The summed E-state index contributed by atoms with van der Waals surface area (Å²) in [5.74, 6) is 0. The molecule has 3 heteroatoms. The predicted octanol–water partition coefficient (Wildman–Crippen LogP) is 18.7. The minimum atomic E-state index is 0. The van der Waals surface area contributed by atoms with Gasteiger partial charge in [-0.2, -0.15) is 12.8 Å². The zero-order valence-corrected chi connectivity index (χ0v) is 40.1. The standard InChI is InChI=1S/C47H70N2.2C4H9.Ni/c1-7-13-17-19-21-23-26-28-40-33-41(29-27-24-22-20-18-14-8-2)37-43(36-40)47-45(31-25-15-9-3)44(30-16-10-4)46(49(47)48)42-34-38(11-5)32-39(12-6)35-42;2*1-3-4-2;/h26-29,32-37H,7-25,30-31H2,1-6H3;2*1,3-4H2,2H3;/q;2*-1;+2. The quantitative estimate of drug-likeness (QED) is 0.0371. The number of benzene rings is 2. The fourth-order valence-electron chi connectivity index (χ4n) is 7.17. The van der Waals surface area contributed by atoms with Gasteiger partial charge in [0, 0.05) is 22.3 Å². The molecule has 0 fully saturated rings. The smallest absolute Gasteiger partial charge is 0.493 e. The summed E-state index contributed by atoms with van der Waals surface area (Å²) < 4.78 is 1.60. The van der Waals surface area contributed by atoms with Crippen LogP contribution in [-0.4, -0.2) is 4.70 Å². The van der Waals surface area contributed by atoms with Crippen molar-refractivity contribution in [3.63, 3.8) is 0 Å². The SMILES string of the molecule is CCCCCCCC=Cc1cc(C=CCCCCCCC)cc(C2=C(CCCCC)C(CCCC)=C(c3cc(CC)cc(CC)c3)[N+]2=[N-])c1.[CH2-]CCC.[CH2-]CCC.[Ni+2]. The summed E-state index contributed by atoms with van der Waals surface area (Å²) in [6, 6.07) is 14.0. The van der Waals surface area contributed by atoms with Crippen LogP contribution in [0.5, 0.6) is 0 Å². The Balaban J connectivity index is 0.00000329. The van der Waals surface area contributed by atoms with E-state index < -0.39 is 0 Å². The molecule has 0 saturated heterocycles. The Morgan fingerprint density at radius 3 is 1.24 bits per heavy atom. The van der Waals surface area contributed by atoms with Crippen molar-refractivity contribution in [3.05, 3.63) is 112 Å². The molecule has 1 heterocycles. The summed E-state index contributed by atoms with van der Waals surface area (Å²) in [5, 5.41) is 0. The second-order valence-corrected chi connectivity index (χ2v) is 16.1. The largest absolute Gasteiger partial charge is 2.00 e. The first-order valence-corrected chi connectivity index (χ1v) is 24.0. The van der Waals surface area contributed by atoms with Gasteiger partial charge in [0.05, 0.1) is 0 Å². The third-order valence-electron chi connectivity index (χ3n) is 10.8. The molecule has 0 aromatic heterocycles. The second-order valence-electron chi connectivity index (χ2n) is 16.1. The van der Waals surface area contributed by atoms with Gasteiger partial charge in [-0.25, -0.2) is 4.70 Å². The van der Waals surface area contributed by atoms with Gasteiger partial charge in [-0.1, -0.05) is 169 Å². The van der Waals surface area contributed by atoms with Gasteiger partial charge >= 0.3 is 16.5 Å². The zero-order chi connectivity index (χ0) is 42.1. The van der Waals surface area contributed by atoms with Crippen LogP contribution in [-0.2, 0) is 29.3 Å². The second kappa shape index (κ2) is 36.4. The van der Waals surface area contributed by atoms with Gasteiger partial charge in [0.25, 0.3) is 0 Å². The molecule has 0 atom stereocenters. The van der Waals surface area contributed by atoms with Crippen LogP contribution in [0, 0.1) is 13.8 Å². The molecule has 328 valence electrons. The fourth-order valence-corrected chi connectivity index (χ4v) is 7.17. The maximum atomic E-state index is 12.4. The van der Waals surface area contributed by atoms with E-state index >= 15 is 0 Å². The molecule has 0 spiro atoms. The van der Waals surface area contributed by atoms with Crippen molar-refractivity contribution in [2.45, 2.75) is 216 Å². The average Bonchev–Trinajstić information content (AvgIpc) is 3.52. The monoisotopic (exact) mass is 835 g/mol. The van der Waals surface area contributed by atoms with Crippen LogP contribution in [0.25, 0.3) is 29.1 Å². The Kier molecular flexibility index (Phi) is 34.8. The summed E-state index contributed by atoms with van der Waals surface area (Å²) in [7, 11) is 0. The minimum absolute atomic E-state index is 0. The third-order valence-corrected chi connectivity index (χ3v) is 10.8. The maximum Gasteiger partial charge on any atom is 2.00 e. The number of nitrogens with zero attached hydrogens (tertiary/aromatic N) is 2. The molecule has 0 radical (unpaired) electrons. The summed E-state index contributed by atoms with van der Waals surface area (Å²) in [6.07, 6.45) is 39.0. The van der Waals surface area contributed by atoms with Gasteiger partial charge in [-0.3, -0.25) is 0 Å². The molecule has 0 amide bonds. The average molecular weight is 836 g/mol. The number of allylic oxidation sites excluding steroid dienone is 4.